The second-order valence-corrected chi connectivity index (χ2v) is 1.40. The maximum atomic E-state index is 10.3. The third-order valence-electron chi connectivity index (χ3n) is 0.695. The summed E-state index contributed by atoms with van der Waals surface area (Å²) in [5, 5.41) is 0. The quantitative estimate of drug-likeness (QED) is 0.175. The number of ether oxygens (including phenoxy) is 2. The van der Waals surface area contributed by atoms with Gasteiger partial charge >= 0.3 is 12.2 Å². The Morgan fingerprint density at radius 3 is 2.90 bits per heavy atom. The van der Waals surface area contributed by atoms with Crippen molar-refractivity contribution in [2.24, 2.45) is 0 Å². The highest BCUT2D eigenvalue weighted by Gasteiger charge is 2.00. The van der Waals surface area contributed by atoms with Crippen LogP contribution < -0.4 is 0 Å². The smallest absolute Gasteiger partial charge is 0.413 e. The summed E-state index contributed by atoms with van der Waals surface area (Å²) in [6, 6.07) is 0. The molecule has 0 aliphatic rings. The Kier molecular flexibility index (Phi) is 5.23. The number of hydrogen-bond donors (Lipinski definition) is 0. The van der Waals surface area contributed by atoms with Crippen molar-refractivity contribution in [2.75, 3.05) is 20.3 Å². The Balaban J connectivity index is 3.31. The van der Waals surface area contributed by atoms with E-state index in [0.29, 0.717) is 12.8 Å². The summed E-state index contributed by atoms with van der Waals surface area (Å²) >= 11 is 0. The zero-order chi connectivity index (χ0) is 7.82. The van der Waals surface area contributed by atoms with Gasteiger partial charge in [-0.2, -0.15) is 4.79 Å². The van der Waals surface area contributed by atoms with Gasteiger partial charge < -0.3 is 15.0 Å². The lowest BCUT2D eigenvalue weighted by Crippen LogP contribution is -2.10. The summed E-state index contributed by atoms with van der Waals surface area (Å²) in [5.41, 5.74) is 7.83. The van der Waals surface area contributed by atoms with E-state index in [1.807, 2.05) is 0 Å². The van der Waals surface area contributed by atoms with Crippen molar-refractivity contribution in [2.45, 2.75) is 0 Å². The summed E-state index contributed by atoms with van der Waals surface area (Å²) in [6.45, 7) is 0.506. The van der Waals surface area contributed by atoms with E-state index in [1.54, 1.807) is 0 Å². The Bertz CT molecular complexity index is 151. The molecular formula is C5H8N2O3. The van der Waals surface area contributed by atoms with Crippen LogP contribution >= 0.6 is 0 Å². The largest absolute Gasteiger partial charge is 0.455 e. The first-order valence-corrected chi connectivity index (χ1v) is 2.64. The topological polar surface area (TPSA) is 71.9 Å². The highest BCUT2D eigenvalue weighted by atomic mass is 16.6. The van der Waals surface area contributed by atoms with Gasteiger partial charge in [0.05, 0.1) is 6.61 Å². The van der Waals surface area contributed by atoms with Crippen LogP contribution in [0.4, 0.5) is 0 Å². The SMILES string of the molecule is COCCOC(=O)C=[N+]=[N-]. The molecule has 0 aliphatic heterocycles. The van der Waals surface area contributed by atoms with Gasteiger partial charge in [0.1, 0.15) is 6.61 Å². The number of nitrogens with zero attached hydrogens (tertiary/aromatic N) is 2. The molecule has 10 heavy (non-hydrogen) atoms. The molecular weight excluding hydrogens is 136 g/mol. The zero-order valence-corrected chi connectivity index (χ0v) is 5.61. The molecule has 0 rings (SSSR count). The number of hydrogen-bond acceptors (Lipinski definition) is 3. The van der Waals surface area contributed by atoms with Crippen molar-refractivity contribution in [1.29, 1.82) is 0 Å². The lowest BCUT2D eigenvalue weighted by molar-refractivity contribution is -0.140. The van der Waals surface area contributed by atoms with Gasteiger partial charge in [-0.3, -0.25) is 0 Å². The Hall–Kier alpha value is -1.19. The number of methoxy groups -OCH3 is 1. The van der Waals surface area contributed by atoms with Gasteiger partial charge in [0.15, 0.2) is 0 Å². The molecule has 0 unspecified atom stereocenters. The minimum atomic E-state index is -0.681. The summed E-state index contributed by atoms with van der Waals surface area (Å²) in [5.74, 6) is -0.681. The molecule has 0 saturated heterocycles. The van der Waals surface area contributed by atoms with Crippen LogP contribution in [0.25, 0.3) is 5.53 Å². The molecule has 0 aromatic heterocycles. The molecule has 5 nitrogen and oxygen atoms in total. The first kappa shape index (κ1) is 8.81. The third-order valence-corrected chi connectivity index (χ3v) is 0.695. The maximum Gasteiger partial charge on any atom is 0.413 e. The molecule has 0 aromatic carbocycles. The van der Waals surface area contributed by atoms with Gasteiger partial charge in [0, 0.05) is 7.11 Å². The van der Waals surface area contributed by atoms with Crippen molar-refractivity contribution in [3.8, 4) is 0 Å². The predicted octanol–water partition coefficient (Wildman–Crippen LogP) is -0.523. The fourth-order valence-corrected chi connectivity index (χ4v) is 0.310. The van der Waals surface area contributed by atoms with E-state index in [1.165, 1.54) is 7.11 Å². The van der Waals surface area contributed by atoms with E-state index in [0.717, 1.165) is 0 Å². The minimum Gasteiger partial charge on any atom is -0.455 e. The van der Waals surface area contributed by atoms with Gasteiger partial charge in [-0.25, -0.2) is 4.79 Å². The molecule has 0 fully saturated rings. The van der Waals surface area contributed by atoms with Gasteiger partial charge in [0.2, 0.25) is 0 Å². The Labute approximate surface area is 58.2 Å². The highest BCUT2D eigenvalue weighted by molar-refractivity contribution is 6.20. The first-order valence-electron chi connectivity index (χ1n) is 2.64. The molecule has 5 heteroatoms. The van der Waals surface area contributed by atoms with Crippen molar-refractivity contribution in [3.63, 3.8) is 0 Å². The minimum absolute atomic E-state index is 0.168. The van der Waals surface area contributed by atoms with Crippen LogP contribution in [0.1, 0.15) is 0 Å². The molecule has 0 bridgehead atoms. The average molecular weight is 144 g/mol. The fraction of sp³-hybridized carbons (Fsp3) is 0.600. The standard InChI is InChI=1S/C5H8N2O3/c1-9-2-3-10-5(8)4-7-6/h4H,2-3H2,1H3. The molecule has 0 N–H and O–H groups in total. The average Bonchev–Trinajstić information content (AvgIpc) is 1.89. The molecule has 0 radical (unpaired) electrons. The van der Waals surface area contributed by atoms with Crippen LogP contribution in [0.3, 0.4) is 0 Å². The first-order chi connectivity index (χ1) is 4.81. The van der Waals surface area contributed by atoms with E-state index in [9.17, 15) is 4.79 Å². The lowest BCUT2D eigenvalue weighted by atomic mass is 10.7. The number of esters is 1. The molecule has 0 aromatic rings. The zero-order valence-electron chi connectivity index (χ0n) is 5.61. The summed E-state index contributed by atoms with van der Waals surface area (Å²) < 4.78 is 9.04. The van der Waals surface area contributed by atoms with Gasteiger partial charge in [-0.05, 0) is 0 Å². The molecule has 0 aliphatic carbocycles. The second-order valence-electron chi connectivity index (χ2n) is 1.40. The summed E-state index contributed by atoms with van der Waals surface area (Å²) in [6.07, 6.45) is 0.676. The van der Waals surface area contributed by atoms with Crippen LogP contribution in [0, 0.1) is 0 Å². The van der Waals surface area contributed by atoms with Crippen LogP contribution in [-0.4, -0.2) is 37.3 Å². The van der Waals surface area contributed by atoms with E-state index in [-0.39, 0.29) is 6.61 Å². The van der Waals surface area contributed by atoms with Crippen molar-refractivity contribution in [1.82, 2.24) is 0 Å². The van der Waals surface area contributed by atoms with Crippen molar-refractivity contribution in [3.05, 3.63) is 5.53 Å². The maximum absolute atomic E-state index is 10.3. The summed E-state index contributed by atoms with van der Waals surface area (Å²) in [7, 11) is 1.49. The summed E-state index contributed by atoms with van der Waals surface area (Å²) in [4.78, 5) is 12.8. The van der Waals surface area contributed by atoms with E-state index in [2.05, 4.69) is 14.3 Å². The van der Waals surface area contributed by atoms with Crippen LogP contribution in [0.15, 0.2) is 0 Å². The number of carbonyl (C=O) groups excluding carboxylic acids is 1. The molecule has 0 saturated carbocycles. The predicted molar refractivity (Wildman–Crippen MR) is 32.5 cm³/mol. The third kappa shape index (κ3) is 4.96. The molecule has 56 valence electrons. The number of rotatable bonds is 4. The van der Waals surface area contributed by atoms with Crippen molar-refractivity contribution >= 4 is 12.2 Å². The van der Waals surface area contributed by atoms with Gasteiger partial charge in [-0.15, -0.1) is 0 Å². The number of carbonyl (C=O) groups is 1. The van der Waals surface area contributed by atoms with E-state index in [4.69, 9.17) is 5.53 Å². The normalized spacial score (nSPS) is 8.10. The van der Waals surface area contributed by atoms with Gasteiger partial charge in [-0.1, -0.05) is 0 Å². The van der Waals surface area contributed by atoms with E-state index >= 15 is 0 Å². The Morgan fingerprint density at radius 1 is 1.70 bits per heavy atom. The van der Waals surface area contributed by atoms with Crippen molar-refractivity contribution < 1.29 is 19.1 Å². The fourth-order valence-electron chi connectivity index (χ4n) is 0.310. The monoisotopic (exact) mass is 144 g/mol. The van der Waals surface area contributed by atoms with Crippen LogP contribution in [0.5, 0.6) is 0 Å². The Morgan fingerprint density at radius 2 is 2.40 bits per heavy atom. The second kappa shape index (κ2) is 5.94. The highest BCUT2D eigenvalue weighted by Crippen LogP contribution is 1.74. The van der Waals surface area contributed by atoms with Crippen LogP contribution in [0.2, 0.25) is 0 Å². The molecule has 0 amide bonds. The van der Waals surface area contributed by atoms with Gasteiger partial charge in [0.25, 0.3) is 0 Å². The van der Waals surface area contributed by atoms with Crippen LogP contribution in [-0.2, 0) is 14.3 Å². The molecule has 0 heterocycles. The lowest BCUT2D eigenvalue weighted by Gasteiger charge is -1.95. The van der Waals surface area contributed by atoms with E-state index < -0.39 is 5.97 Å². The molecule has 0 atom stereocenters. The molecule has 0 spiro atoms.